The van der Waals surface area contributed by atoms with Gasteiger partial charge in [0, 0.05) is 34.5 Å². The molecule has 1 aliphatic rings. The third-order valence-corrected chi connectivity index (χ3v) is 6.21. The molecule has 0 spiro atoms. The number of aromatic nitrogens is 1. The van der Waals surface area contributed by atoms with E-state index < -0.39 is 0 Å². The van der Waals surface area contributed by atoms with Gasteiger partial charge in [0.05, 0.1) is 5.92 Å². The second-order valence-corrected chi connectivity index (χ2v) is 7.94. The Balaban J connectivity index is 1.72. The van der Waals surface area contributed by atoms with Gasteiger partial charge in [0.2, 0.25) is 0 Å². The van der Waals surface area contributed by atoms with E-state index in [1.54, 1.807) is 0 Å². The number of hydrogen-bond acceptors (Lipinski definition) is 2. The van der Waals surface area contributed by atoms with Crippen LogP contribution in [0.2, 0.25) is 0 Å². The van der Waals surface area contributed by atoms with Crippen molar-refractivity contribution in [2.45, 2.75) is 25.2 Å². The molecular weight excluding hydrogens is 370 g/mol. The largest absolute Gasteiger partial charge is 0.511 e. The summed E-state index contributed by atoms with van der Waals surface area (Å²) in [5, 5.41) is 12.4. The van der Waals surface area contributed by atoms with Crippen molar-refractivity contribution in [2.75, 3.05) is 0 Å². The number of para-hydroxylation sites is 1. The van der Waals surface area contributed by atoms with Crippen LogP contribution in [-0.4, -0.2) is 15.9 Å². The minimum atomic E-state index is -0.334. The minimum Gasteiger partial charge on any atom is -0.511 e. The summed E-state index contributed by atoms with van der Waals surface area (Å²) in [4.78, 5) is 16.8. The zero-order valence-electron chi connectivity index (χ0n) is 16.8. The molecule has 1 aliphatic carbocycles. The topological polar surface area (TPSA) is 53.1 Å². The number of H-pyrrole nitrogens is 1. The van der Waals surface area contributed by atoms with Crippen molar-refractivity contribution in [3.05, 3.63) is 119 Å². The Morgan fingerprint density at radius 1 is 0.900 bits per heavy atom. The van der Waals surface area contributed by atoms with Crippen molar-refractivity contribution in [3.8, 4) is 0 Å². The first kappa shape index (κ1) is 18.4. The highest BCUT2D eigenvalue weighted by Crippen LogP contribution is 2.45. The quantitative estimate of drug-likeness (QED) is 0.435. The van der Waals surface area contributed by atoms with Gasteiger partial charge in [0.1, 0.15) is 5.76 Å². The number of hydrogen-bond donors (Lipinski definition) is 2. The molecule has 2 N–H and O–H groups in total. The predicted octanol–water partition coefficient (Wildman–Crippen LogP) is 6.18. The van der Waals surface area contributed by atoms with Gasteiger partial charge in [0.25, 0.3) is 0 Å². The molecule has 0 bridgehead atoms. The first-order valence-corrected chi connectivity index (χ1v) is 10.3. The van der Waals surface area contributed by atoms with Crippen LogP contribution in [0.1, 0.15) is 40.6 Å². The van der Waals surface area contributed by atoms with E-state index in [0.29, 0.717) is 12.0 Å². The van der Waals surface area contributed by atoms with Gasteiger partial charge in [-0.2, -0.15) is 0 Å². The van der Waals surface area contributed by atoms with Crippen molar-refractivity contribution in [1.82, 2.24) is 4.98 Å². The molecule has 2 atom stereocenters. The number of benzene rings is 3. The van der Waals surface area contributed by atoms with Gasteiger partial charge in [-0.1, -0.05) is 78.9 Å². The molecule has 148 valence electrons. The fraction of sp³-hybridized carbons (Fsp3) is 0.148. The van der Waals surface area contributed by atoms with E-state index in [1.165, 1.54) is 0 Å². The lowest BCUT2D eigenvalue weighted by Gasteiger charge is -2.19. The van der Waals surface area contributed by atoms with Crippen molar-refractivity contribution in [1.29, 1.82) is 0 Å². The highest BCUT2D eigenvalue weighted by Gasteiger charge is 2.39. The number of aliphatic hydroxyl groups excluding tert-OH is 1. The average molecular weight is 393 g/mol. The molecule has 3 heteroatoms. The number of carbonyl (C=O) groups excluding carboxylic acids is 1. The zero-order chi connectivity index (χ0) is 20.7. The van der Waals surface area contributed by atoms with E-state index in [0.717, 1.165) is 33.3 Å². The molecular formula is C27H23NO2. The first-order chi connectivity index (χ1) is 14.6. The summed E-state index contributed by atoms with van der Waals surface area (Å²) in [6.07, 6.45) is 0.299. The number of fused-ring (bicyclic) bond motifs is 1. The van der Waals surface area contributed by atoms with Crippen LogP contribution >= 0.6 is 0 Å². The van der Waals surface area contributed by atoms with Crippen LogP contribution in [0.3, 0.4) is 0 Å². The highest BCUT2D eigenvalue weighted by molar-refractivity contribution is 6.02. The summed E-state index contributed by atoms with van der Waals surface area (Å²) in [6, 6.07) is 27.9. The Hall–Kier alpha value is -3.59. The molecule has 2 unspecified atom stereocenters. The molecule has 5 rings (SSSR count). The molecule has 3 aromatic carbocycles. The zero-order valence-corrected chi connectivity index (χ0v) is 16.8. The molecule has 30 heavy (non-hydrogen) atoms. The molecule has 1 aromatic heterocycles. The second kappa shape index (κ2) is 7.34. The predicted molar refractivity (Wildman–Crippen MR) is 120 cm³/mol. The van der Waals surface area contributed by atoms with Crippen LogP contribution in [0.4, 0.5) is 0 Å². The summed E-state index contributed by atoms with van der Waals surface area (Å²) in [5.74, 6) is -0.421. The molecule has 1 heterocycles. The van der Waals surface area contributed by atoms with Crippen LogP contribution in [-0.2, 0) is 4.79 Å². The summed E-state index contributed by atoms with van der Waals surface area (Å²) in [5.41, 5.74) is 5.58. The summed E-state index contributed by atoms with van der Waals surface area (Å²) in [7, 11) is 0. The lowest BCUT2D eigenvalue weighted by atomic mass is 9.85. The smallest absolute Gasteiger partial charge is 0.164 e. The molecule has 4 aromatic rings. The molecule has 0 fully saturated rings. The van der Waals surface area contributed by atoms with E-state index in [4.69, 9.17) is 0 Å². The maximum absolute atomic E-state index is 13.3. The van der Waals surface area contributed by atoms with Gasteiger partial charge in [-0.25, -0.2) is 0 Å². The van der Waals surface area contributed by atoms with Gasteiger partial charge in [-0.3, -0.25) is 4.79 Å². The maximum Gasteiger partial charge on any atom is 0.164 e. The standard InChI is InChI=1S/C27H23NO2/c1-17-20-14-8-9-15-22(20)28-26(17)24(19-12-6-3-7-13-19)25-23(29)16-21(27(25)30)18-10-4-2-5-11-18/h2-15,21,24,28,30H,16H2,1H3. The van der Waals surface area contributed by atoms with Crippen LogP contribution < -0.4 is 0 Å². The number of ketones is 1. The number of rotatable bonds is 4. The van der Waals surface area contributed by atoms with Gasteiger partial charge in [-0.05, 0) is 29.7 Å². The normalized spacial score (nSPS) is 17.6. The maximum atomic E-state index is 13.3. The van der Waals surface area contributed by atoms with Gasteiger partial charge in [0.15, 0.2) is 5.78 Å². The number of nitrogens with one attached hydrogen (secondary N) is 1. The van der Waals surface area contributed by atoms with Gasteiger partial charge < -0.3 is 10.1 Å². The van der Waals surface area contributed by atoms with Gasteiger partial charge >= 0.3 is 0 Å². The highest BCUT2D eigenvalue weighted by atomic mass is 16.3. The SMILES string of the molecule is Cc1c(C(C2=C(O)C(c3ccccc3)CC2=O)c2ccccc2)[nH]c2ccccc12. The van der Waals surface area contributed by atoms with Crippen LogP contribution in [0.25, 0.3) is 10.9 Å². The van der Waals surface area contributed by atoms with Gasteiger partial charge in [-0.15, -0.1) is 0 Å². The molecule has 0 radical (unpaired) electrons. The third-order valence-electron chi connectivity index (χ3n) is 6.21. The number of aliphatic hydroxyl groups is 1. The van der Waals surface area contributed by atoms with Crippen molar-refractivity contribution in [2.24, 2.45) is 0 Å². The van der Waals surface area contributed by atoms with E-state index >= 15 is 0 Å². The van der Waals surface area contributed by atoms with Crippen molar-refractivity contribution < 1.29 is 9.90 Å². The number of carbonyl (C=O) groups is 1. The Kier molecular flexibility index (Phi) is 4.51. The molecule has 0 saturated carbocycles. The van der Waals surface area contributed by atoms with E-state index in [9.17, 15) is 9.90 Å². The molecule has 0 amide bonds. The van der Waals surface area contributed by atoms with Crippen molar-refractivity contribution >= 4 is 16.7 Å². The summed E-state index contributed by atoms with van der Waals surface area (Å²) in [6.45, 7) is 2.08. The molecule has 3 nitrogen and oxygen atoms in total. The Labute approximate surface area is 175 Å². The van der Waals surface area contributed by atoms with Crippen molar-refractivity contribution in [3.63, 3.8) is 0 Å². The minimum absolute atomic E-state index is 0.00765. The Morgan fingerprint density at radius 2 is 1.53 bits per heavy atom. The Bertz CT molecular complexity index is 1250. The average Bonchev–Trinajstić information content (AvgIpc) is 3.27. The monoisotopic (exact) mass is 393 g/mol. The fourth-order valence-corrected chi connectivity index (χ4v) is 4.71. The Morgan fingerprint density at radius 3 is 2.23 bits per heavy atom. The van der Waals surface area contributed by atoms with Crippen LogP contribution in [0.15, 0.2) is 96.3 Å². The number of allylic oxidation sites excluding steroid dienone is 2. The van der Waals surface area contributed by atoms with Crippen LogP contribution in [0.5, 0.6) is 0 Å². The number of aryl methyl sites for hydroxylation is 1. The number of Topliss-reactive ketones (excluding diaryl/α,β-unsaturated/α-hetero) is 1. The second-order valence-electron chi connectivity index (χ2n) is 7.94. The molecule has 0 aliphatic heterocycles. The van der Waals surface area contributed by atoms with E-state index in [-0.39, 0.29) is 23.4 Å². The fourth-order valence-electron chi connectivity index (χ4n) is 4.71. The van der Waals surface area contributed by atoms with E-state index in [2.05, 4.69) is 18.0 Å². The lowest BCUT2D eigenvalue weighted by molar-refractivity contribution is -0.115. The summed E-state index contributed by atoms with van der Waals surface area (Å²) >= 11 is 0. The lowest BCUT2D eigenvalue weighted by Crippen LogP contribution is -2.12. The molecule has 0 saturated heterocycles. The van der Waals surface area contributed by atoms with E-state index in [1.807, 2.05) is 78.9 Å². The van der Waals surface area contributed by atoms with Crippen LogP contribution in [0, 0.1) is 6.92 Å². The third kappa shape index (κ3) is 2.94. The summed E-state index contributed by atoms with van der Waals surface area (Å²) < 4.78 is 0. The first-order valence-electron chi connectivity index (χ1n) is 10.3. The number of aromatic amines is 1.